The SMILES string of the molecule is OC(Cc1ccn(C2CCCC2)n1)c1cnsn1. The van der Waals surface area contributed by atoms with Crippen LogP contribution in [0.5, 0.6) is 0 Å². The lowest BCUT2D eigenvalue weighted by molar-refractivity contribution is 0.173. The van der Waals surface area contributed by atoms with Gasteiger partial charge in [0.2, 0.25) is 0 Å². The summed E-state index contributed by atoms with van der Waals surface area (Å²) in [5.41, 5.74) is 1.55. The second-order valence-corrected chi connectivity index (χ2v) is 5.33. The Kier molecular flexibility index (Phi) is 3.38. The lowest BCUT2D eigenvalue weighted by Crippen LogP contribution is -2.07. The van der Waals surface area contributed by atoms with Crippen LogP contribution in [0.3, 0.4) is 0 Å². The van der Waals surface area contributed by atoms with Crippen molar-refractivity contribution in [1.82, 2.24) is 18.5 Å². The van der Waals surface area contributed by atoms with Gasteiger partial charge in [-0.3, -0.25) is 4.68 Å². The van der Waals surface area contributed by atoms with Crippen molar-refractivity contribution in [3.05, 3.63) is 29.8 Å². The zero-order valence-electron chi connectivity index (χ0n) is 10.1. The Bertz CT molecular complexity index is 490. The van der Waals surface area contributed by atoms with Gasteiger partial charge in [-0.05, 0) is 18.9 Å². The lowest BCUT2D eigenvalue weighted by Gasteiger charge is -2.09. The molecular weight excluding hydrogens is 248 g/mol. The number of rotatable bonds is 4. The molecule has 96 valence electrons. The van der Waals surface area contributed by atoms with Crippen molar-refractivity contribution >= 4 is 11.7 Å². The average molecular weight is 264 g/mol. The third kappa shape index (κ3) is 2.44. The summed E-state index contributed by atoms with van der Waals surface area (Å²) in [7, 11) is 0. The molecular formula is C12H16N4OS. The Morgan fingerprint density at radius 2 is 2.28 bits per heavy atom. The van der Waals surface area contributed by atoms with Gasteiger partial charge in [0.1, 0.15) is 11.8 Å². The summed E-state index contributed by atoms with van der Waals surface area (Å²) in [4.78, 5) is 0. The molecule has 1 aliphatic carbocycles. The van der Waals surface area contributed by atoms with Crippen LogP contribution < -0.4 is 0 Å². The van der Waals surface area contributed by atoms with Gasteiger partial charge in [-0.2, -0.15) is 13.8 Å². The first-order valence-electron chi connectivity index (χ1n) is 6.32. The Morgan fingerprint density at radius 3 is 3.00 bits per heavy atom. The van der Waals surface area contributed by atoms with E-state index >= 15 is 0 Å². The standard InChI is InChI=1S/C12H16N4OS/c17-12(11-8-13-18-15-11)7-9-5-6-16(14-9)10-3-1-2-4-10/h5-6,8,10,12,17H,1-4,7H2. The Hall–Kier alpha value is -1.27. The molecule has 0 aliphatic heterocycles. The van der Waals surface area contributed by atoms with Gasteiger partial charge in [0.25, 0.3) is 0 Å². The van der Waals surface area contributed by atoms with Crippen molar-refractivity contribution in [2.45, 2.75) is 44.2 Å². The molecule has 1 aliphatic rings. The van der Waals surface area contributed by atoms with Gasteiger partial charge < -0.3 is 5.11 Å². The number of aliphatic hydroxyl groups excluding tert-OH is 1. The van der Waals surface area contributed by atoms with Crippen molar-refractivity contribution in [3.63, 3.8) is 0 Å². The van der Waals surface area contributed by atoms with Gasteiger partial charge in [0.15, 0.2) is 0 Å². The van der Waals surface area contributed by atoms with Gasteiger partial charge in [-0.1, -0.05) is 12.8 Å². The quantitative estimate of drug-likeness (QED) is 0.918. The average Bonchev–Trinajstić information content (AvgIpc) is 3.12. The van der Waals surface area contributed by atoms with Crippen LogP contribution in [0.2, 0.25) is 0 Å². The second kappa shape index (κ2) is 5.16. The fourth-order valence-corrected chi connectivity index (χ4v) is 2.95. The highest BCUT2D eigenvalue weighted by Crippen LogP contribution is 2.29. The van der Waals surface area contributed by atoms with Crippen molar-refractivity contribution in [2.75, 3.05) is 0 Å². The van der Waals surface area contributed by atoms with E-state index in [4.69, 9.17) is 0 Å². The summed E-state index contributed by atoms with van der Waals surface area (Å²) in [6, 6.07) is 2.54. The fraction of sp³-hybridized carbons (Fsp3) is 0.583. The van der Waals surface area contributed by atoms with Crippen LogP contribution in [-0.2, 0) is 6.42 Å². The maximum Gasteiger partial charge on any atom is 0.104 e. The second-order valence-electron chi connectivity index (χ2n) is 4.78. The van der Waals surface area contributed by atoms with Gasteiger partial charge >= 0.3 is 0 Å². The minimum Gasteiger partial charge on any atom is -0.386 e. The molecule has 0 spiro atoms. The van der Waals surface area contributed by atoms with E-state index in [1.165, 1.54) is 25.7 Å². The van der Waals surface area contributed by atoms with Gasteiger partial charge in [-0.25, -0.2) is 0 Å². The van der Waals surface area contributed by atoms with E-state index in [0.717, 1.165) is 17.4 Å². The highest BCUT2D eigenvalue weighted by Gasteiger charge is 2.19. The van der Waals surface area contributed by atoms with E-state index in [2.05, 4.69) is 13.8 Å². The van der Waals surface area contributed by atoms with Crippen molar-refractivity contribution in [1.29, 1.82) is 0 Å². The molecule has 1 unspecified atom stereocenters. The van der Waals surface area contributed by atoms with E-state index in [9.17, 15) is 5.11 Å². The van der Waals surface area contributed by atoms with E-state index in [0.29, 0.717) is 18.2 Å². The summed E-state index contributed by atoms with van der Waals surface area (Å²) in [5, 5.41) is 14.5. The lowest BCUT2D eigenvalue weighted by atomic mass is 10.1. The minimum atomic E-state index is -0.601. The zero-order chi connectivity index (χ0) is 12.4. The summed E-state index contributed by atoms with van der Waals surface area (Å²) in [6.45, 7) is 0. The number of aliphatic hydroxyl groups is 1. The van der Waals surface area contributed by atoms with Crippen LogP contribution in [0.1, 0.15) is 49.2 Å². The first-order chi connectivity index (χ1) is 8.83. The first kappa shape index (κ1) is 11.8. The number of aromatic nitrogens is 4. The zero-order valence-corrected chi connectivity index (χ0v) is 10.9. The number of nitrogens with zero attached hydrogens (tertiary/aromatic N) is 4. The number of hydrogen-bond acceptors (Lipinski definition) is 5. The smallest absolute Gasteiger partial charge is 0.104 e. The van der Waals surface area contributed by atoms with Gasteiger partial charge in [0.05, 0.1) is 29.7 Å². The monoisotopic (exact) mass is 264 g/mol. The van der Waals surface area contributed by atoms with Gasteiger partial charge in [0, 0.05) is 12.6 Å². The molecule has 1 fully saturated rings. The molecule has 1 N–H and O–H groups in total. The molecule has 0 amide bonds. The third-order valence-corrected chi connectivity index (χ3v) is 3.98. The molecule has 1 saturated carbocycles. The summed E-state index contributed by atoms with van der Waals surface area (Å²) >= 11 is 1.12. The molecule has 0 radical (unpaired) electrons. The largest absolute Gasteiger partial charge is 0.386 e. The fourth-order valence-electron chi connectivity index (χ4n) is 2.48. The van der Waals surface area contributed by atoms with Crippen LogP contribution in [0.15, 0.2) is 18.5 Å². The first-order valence-corrected chi connectivity index (χ1v) is 7.05. The molecule has 1 atom stereocenters. The predicted octanol–water partition coefficient (Wildman–Crippen LogP) is 2.13. The maximum atomic E-state index is 9.99. The summed E-state index contributed by atoms with van der Waals surface area (Å²) < 4.78 is 9.99. The highest BCUT2D eigenvalue weighted by molar-refractivity contribution is 6.99. The molecule has 5 nitrogen and oxygen atoms in total. The Morgan fingerprint density at radius 1 is 1.44 bits per heavy atom. The molecule has 2 aromatic heterocycles. The number of hydrogen-bond donors (Lipinski definition) is 1. The summed E-state index contributed by atoms with van der Waals surface area (Å²) in [6.07, 6.45) is 8.58. The molecule has 2 aromatic rings. The summed E-state index contributed by atoms with van der Waals surface area (Å²) in [5.74, 6) is 0. The van der Waals surface area contributed by atoms with E-state index in [-0.39, 0.29) is 0 Å². The van der Waals surface area contributed by atoms with Crippen LogP contribution in [0.25, 0.3) is 0 Å². The third-order valence-electron chi connectivity index (χ3n) is 3.48. The Balaban J connectivity index is 1.66. The molecule has 18 heavy (non-hydrogen) atoms. The molecule has 6 heteroatoms. The van der Waals surface area contributed by atoms with Crippen molar-refractivity contribution in [3.8, 4) is 0 Å². The van der Waals surface area contributed by atoms with Crippen LogP contribution >= 0.6 is 11.7 Å². The Labute approximate surface area is 110 Å². The highest BCUT2D eigenvalue weighted by atomic mass is 32.1. The maximum absolute atomic E-state index is 9.99. The molecule has 0 bridgehead atoms. The minimum absolute atomic E-state index is 0.505. The molecule has 2 heterocycles. The topological polar surface area (TPSA) is 63.8 Å². The van der Waals surface area contributed by atoms with Crippen LogP contribution in [0.4, 0.5) is 0 Å². The van der Waals surface area contributed by atoms with E-state index < -0.39 is 6.10 Å². The van der Waals surface area contributed by atoms with Crippen LogP contribution in [0, 0.1) is 0 Å². The molecule has 3 rings (SSSR count). The van der Waals surface area contributed by atoms with E-state index in [1.807, 2.05) is 16.9 Å². The molecule has 0 aromatic carbocycles. The van der Waals surface area contributed by atoms with E-state index in [1.54, 1.807) is 6.20 Å². The molecule has 0 saturated heterocycles. The van der Waals surface area contributed by atoms with Gasteiger partial charge in [-0.15, -0.1) is 0 Å². The van der Waals surface area contributed by atoms with Crippen molar-refractivity contribution in [2.24, 2.45) is 0 Å². The normalized spacial score (nSPS) is 18.3. The van der Waals surface area contributed by atoms with Crippen molar-refractivity contribution < 1.29 is 5.11 Å². The van der Waals surface area contributed by atoms with Crippen LogP contribution in [-0.4, -0.2) is 23.6 Å². The predicted molar refractivity (Wildman–Crippen MR) is 68.3 cm³/mol.